The highest BCUT2D eigenvalue weighted by Crippen LogP contribution is 2.40. The van der Waals surface area contributed by atoms with E-state index >= 15 is 4.39 Å². The van der Waals surface area contributed by atoms with Crippen molar-refractivity contribution in [2.45, 2.75) is 71.6 Å². The Balaban J connectivity index is 1.14. The molecule has 0 bridgehead atoms. The topological polar surface area (TPSA) is 188 Å². The standard InChI is InChI=1S/C45H51FN8O10/c1-5-60-38-24-29(14-15-37(38)59-4)27-49-20-16-31(17-21-49)51(44-47-33-10-8-12-35(53(55)56)42(33)63-44)52(45-48-34-11-9-13-36(54(57)58)43(34)64-45)32-18-22-50(23-19-32)28-30-25-39(61-6-2)41(46)40(26-30)62-7-3/h8-15,24-26,31-32H,5-7,16-23,27-28H2,1-4H3. The number of anilines is 2. The van der Waals surface area contributed by atoms with E-state index in [9.17, 15) is 20.2 Å². The van der Waals surface area contributed by atoms with Gasteiger partial charge in [0, 0.05) is 51.4 Å². The number of rotatable bonds is 18. The first-order valence-corrected chi connectivity index (χ1v) is 21.6. The van der Waals surface area contributed by atoms with Crippen LogP contribution in [0.3, 0.4) is 0 Å². The van der Waals surface area contributed by atoms with Gasteiger partial charge in [-0.1, -0.05) is 18.2 Å². The van der Waals surface area contributed by atoms with Gasteiger partial charge in [0.2, 0.25) is 17.0 Å². The lowest BCUT2D eigenvalue weighted by atomic mass is 10.0. The SMILES string of the molecule is CCOc1cc(CN2CCC(N(c3nc4cccc([N+](=O)[O-])c4o3)N(c3nc4cccc([N+](=O)[O-])c4o3)C3CCN(Cc4cc(OCC)c(F)c(OCC)c4)CC3)CC2)ccc1OC. The molecule has 2 saturated heterocycles. The molecule has 0 spiro atoms. The number of nitro benzene ring substituents is 2. The van der Waals surface area contributed by atoms with Crippen LogP contribution in [0.1, 0.15) is 57.6 Å². The minimum atomic E-state index is -0.535. The van der Waals surface area contributed by atoms with E-state index < -0.39 is 15.7 Å². The first-order valence-electron chi connectivity index (χ1n) is 21.6. The third kappa shape index (κ3) is 9.17. The number of aromatic nitrogens is 2. The molecule has 2 aliphatic heterocycles. The third-order valence-electron chi connectivity index (χ3n) is 11.6. The number of nitrogens with zero attached hydrogens (tertiary/aromatic N) is 8. The zero-order chi connectivity index (χ0) is 44.9. The van der Waals surface area contributed by atoms with Gasteiger partial charge in [-0.3, -0.25) is 30.0 Å². The Bertz CT molecular complexity index is 2580. The van der Waals surface area contributed by atoms with Gasteiger partial charge in [-0.2, -0.15) is 14.4 Å². The van der Waals surface area contributed by atoms with Crippen molar-refractivity contribution in [3.05, 3.63) is 104 Å². The first kappa shape index (κ1) is 43.9. The van der Waals surface area contributed by atoms with Gasteiger partial charge in [-0.15, -0.1) is 0 Å². The number of fused-ring (bicyclic) bond motifs is 2. The Labute approximate surface area is 368 Å². The quantitative estimate of drug-likeness (QED) is 0.0588. The number of benzene rings is 4. The van der Waals surface area contributed by atoms with Crippen LogP contribution in [-0.4, -0.2) is 94.8 Å². The van der Waals surface area contributed by atoms with Crippen molar-refractivity contribution < 1.29 is 42.0 Å². The van der Waals surface area contributed by atoms with Gasteiger partial charge in [-0.25, -0.2) is 10.0 Å². The zero-order valence-corrected chi connectivity index (χ0v) is 36.2. The van der Waals surface area contributed by atoms with E-state index in [2.05, 4.69) is 9.80 Å². The molecule has 0 aliphatic carbocycles. The van der Waals surface area contributed by atoms with Gasteiger partial charge in [0.05, 0.1) is 48.9 Å². The van der Waals surface area contributed by atoms with Gasteiger partial charge >= 0.3 is 23.4 Å². The van der Waals surface area contributed by atoms with Crippen molar-refractivity contribution >= 4 is 45.6 Å². The number of hydrazine groups is 1. The lowest BCUT2D eigenvalue weighted by Crippen LogP contribution is -2.59. The van der Waals surface area contributed by atoms with Crippen LogP contribution in [0.25, 0.3) is 22.2 Å². The molecule has 2 fully saturated rings. The molecule has 64 heavy (non-hydrogen) atoms. The molecular weight excluding hydrogens is 832 g/mol. The highest BCUT2D eigenvalue weighted by atomic mass is 19.1. The van der Waals surface area contributed by atoms with Crippen LogP contribution in [0.15, 0.2) is 75.6 Å². The van der Waals surface area contributed by atoms with Crippen LogP contribution in [-0.2, 0) is 13.1 Å². The fraction of sp³-hybridized carbons (Fsp3) is 0.422. The summed E-state index contributed by atoms with van der Waals surface area (Å²) in [6.07, 6.45) is 2.40. The van der Waals surface area contributed by atoms with E-state index in [1.54, 1.807) is 57.4 Å². The largest absolute Gasteiger partial charge is 0.493 e. The third-order valence-corrected chi connectivity index (χ3v) is 11.6. The van der Waals surface area contributed by atoms with E-state index in [1.807, 2.05) is 35.1 Å². The molecule has 6 aromatic rings. The Morgan fingerprint density at radius 1 is 0.656 bits per heavy atom. The zero-order valence-electron chi connectivity index (χ0n) is 36.2. The van der Waals surface area contributed by atoms with Gasteiger partial charge in [0.15, 0.2) is 23.0 Å². The molecule has 18 nitrogen and oxygen atoms in total. The predicted molar refractivity (Wildman–Crippen MR) is 236 cm³/mol. The van der Waals surface area contributed by atoms with E-state index in [0.717, 1.165) is 11.1 Å². The number of hydrogen-bond acceptors (Lipinski definition) is 16. The van der Waals surface area contributed by atoms with Crippen molar-refractivity contribution in [2.24, 2.45) is 0 Å². The van der Waals surface area contributed by atoms with E-state index in [4.69, 9.17) is 37.7 Å². The molecule has 2 aliphatic rings. The second kappa shape index (κ2) is 19.3. The summed E-state index contributed by atoms with van der Waals surface area (Å²) in [6, 6.07) is 18.2. The lowest BCUT2D eigenvalue weighted by molar-refractivity contribution is -0.383. The number of ether oxygens (including phenoxy) is 4. The van der Waals surface area contributed by atoms with E-state index in [0.29, 0.717) is 107 Å². The number of piperidine rings is 2. The monoisotopic (exact) mass is 882 g/mol. The molecule has 338 valence electrons. The number of nitro groups is 2. The Kier molecular flexibility index (Phi) is 13.3. The van der Waals surface area contributed by atoms with Crippen molar-refractivity contribution in [2.75, 3.05) is 63.1 Å². The van der Waals surface area contributed by atoms with E-state index in [1.165, 1.54) is 12.1 Å². The molecule has 4 heterocycles. The number of para-hydroxylation sites is 2. The minimum absolute atomic E-state index is 0.0188. The van der Waals surface area contributed by atoms with Crippen LogP contribution in [0.2, 0.25) is 0 Å². The van der Waals surface area contributed by atoms with Crippen LogP contribution in [0.5, 0.6) is 23.0 Å². The first-order chi connectivity index (χ1) is 31.1. The summed E-state index contributed by atoms with van der Waals surface area (Å²) >= 11 is 0. The highest BCUT2D eigenvalue weighted by Gasteiger charge is 2.40. The van der Waals surface area contributed by atoms with Gasteiger partial charge in [-0.05, 0) is 94.0 Å². The normalized spacial score (nSPS) is 15.4. The van der Waals surface area contributed by atoms with Crippen molar-refractivity contribution in [3.63, 3.8) is 0 Å². The summed E-state index contributed by atoms with van der Waals surface area (Å²) in [6.45, 7) is 10.3. The molecule has 0 saturated carbocycles. The Morgan fingerprint density at radius 3 is 1.53 bits per heavy atom. The molecule has 0 radical (unpaired) electrons. The van der Waals surface area contributed by atoms with Crippen LogP contribution in [0, 0.1) is 26.0 Å². The number of hydrogen-bond donors (Lipinski definition) is 0. The second-order valence-corrected chi connectivity index (χ2v) is 15.7. The molecule has 8 rings (SSSR count). The molecule has 0 amide bonds. The smallest absolute Gasteiger partial charge is 0.318 e. The van der Waals surface area contributed by atoms with Crippen LogP contribution >= 0.6 is 0 Å². The predicted octanol–water partition coefficient (Wildman–Crippen LogP) is 8.69. The fourth-order valence-corrected chi connectivity index (χ4v) is 8.66. The second-order valence-electron chi connectivity index (χ2n) is 15.7. The molecule has 2 aromatic heterocycles. The summed E-state index contributed by atoms with van der Waals surface area (Å²) in [5.41, 5.74) is 2.08. The van der Waals surface area contributed by atoms with Gasteiger partial charge in [0.1, 0.15) is 11.0 Å². The maximum absolute atomic E-state index is 15.2. The van der Waals surface area contributed by atoms with Crippen LogP contribution < -0.4 is 29.0 Å². The van der Waals surface area contributed by atoms with Gasteiger partial charge in [0.25, 0.3) is 0 Å². The minimum Gasteiger partial charge on any atom is -0.493 e. The molecule has 4 aromatic carbocycles. The number of oxazole rings is 2. The van der Waals surface area contributed by atoms with E-state index in [-0.39, 0.29) is 58.2 Å². The average Bonchev–Trinajstić information content (AvgIpc) is 3.93. The Hall–Kier alpha value is -6.73. The van der Waals surface area contributed by atoms with Crippen molar-refractivity contribution in [1.82, 2.24) is 19.8 Å². The Morgan fingerprint density at radius 2 is 1.09 bits per heavy atom. The van der Waals surface area contributed by atoms with Crippen molar-refractivity contribution in [3.8, 4) is 23.0 Å². The molecule has 0 unspecified atom stereocenters. The molecular formula is C45H51FN8O10. The summed E-state index contributed by atoms with van der Waals surface area (Å²) in [7, 11) is 1.61. The fourth-order valence-electron chi connectivity index (χ4n) is 8.66. The summed E-state index contributed by atoms with van der Waals surface area (Å²) in [5, 5.41) is 28.2. The maximum Gasteiger partial charge on any atom is 0.318 e. The number of likely N-dealkylation sites (tertiary alicyclic amines) is 2. The summed E-state index contributed by atoms with van der Waals surface area (Å²) < 4.78 is 50.5. The molecule has 0 atom stereocenters. The number of methoxy groups -OCH3 is 1. The average molecular weight is 883 g/mol. The molecule has 0 N–H and O–H groups in total. The van der Waals surface area contributed by atoms with Gasteiger partial charge < -0.3 is 27.8 Å². The maximum atomic E-state index is 15.2. The number of non-ortho nitro benzene ring substituents is 2. The number of halogens is 1. The molecule has 19 heteroatoms. The lowest BCUT2D eigenvalue weighted by Gasteiger charge is -2.47. The summed E-state index contributed by atoms with van der Waals surface area (Å²) in [5.74, 6) is 1.07. The highest BCUT2D eigenvalue weighted by molar-refractivity contribution is 5.85. The summed E-state index contributed by atoms with van der Waals surface area (Å²) in [4.78, 5) is 37.7. The van der Waals surface area contributed by atoms with Crippen molar-refractivity contribution in [1.29, 1.82) is 0 Å². The van der Waals surface area contributed by atoms with Crippen LogP contribution in [0.4, 0.5) is 27.8 Å².